The fourth-order valence-corrected chi connectivity index (χ4v) is 4.75. The number of carbonyl (C=O) groups excluding carboxylic acids is 2. The summed E-state index contributed by atoms with van der Waals surface area (Å²) in [4.78, 5) is 29.1. The van der Waals surface area contributed by atoms with Gasteiger partial charge >= 0.3 is 6.18 Å². The van der Waals surface area contributed by atoms with Crippen molar-refractivity contribution in [3.63, 3.8) is 0 Å². The van der Waals surface area contributed by atoms with Crippen LogP contribution in [0.15, 0.2) is 54.6 Å². The van der Waals surface area contributed by atoms with Gasteiger partial charge in [-0.1, -0.05) is 50.2 Å². The number of primary amides is 1. The van der Waals surface area contributed by atoms with Crippen LogP contribution in [0.5, 0.6) is 0 Å². The van der Waals surface area contributed by atoms with Crippen LogP contribution in [0, 0.1) is 0 Å². The lowest BCUT2D eigenvalue weighted by molar-refractivity contribution is -0.138. The van der Waals surface area contributed by atoms with Crippen molar-refractivity contribution in [2.45, 2.75) is 25.6 Å². The molecule has 0 saturated heterocycles. The van der Waals surface area contributed by atoms with E-state index >= 15 is 0 Å². The quantitative estimate of drug-likeness (QED) is 0.486. The Labute approximate surface area is 213 Å². The minimum atomic E-state index is -4.87. The second-order valence-electron chi connectivity index (χ2n) is 8.63. The minimum Gasteiger partial charge on any atom is -0.366 e. The topological polar surface area (TPSA) is 92.7 Å². The number of fused-ring (bicyclic) bond motifs is 2. The molecule has 3 aromatic carbocycles. The number of rotatable bonds is 7. The molecule has 1 atom stereocenters. The van der Waals surface area contributed by atoms with Crippen molar-refractivity contribution in [1.82, 2.24) is 4.90 Å². The molecule has 1 aliphatic rings. The molecule has 4 rings (SSSR count). The van der Waals surface area contributed by atoms with E-state index in [1.54, 1.807) is 24.3 Å². The Morgan fingerprint density at radius 1 is 1.03 bits per heavy atom. The molecule has 1 heterocycles. The molecule has 2 amide bonds. The molecule has 0 saturated carbocycles. The van der Waals surface area contributed by atoms with Crippen LogP contribution in [0.3, 0.4) is 0 Å². The Morgan fingerprint density at radius 2 is 1.67 bits per heavy atom. The summed E-state index contributed by atoms with van der Waals surface area (Å²) in [6, 6.07) is 14.2. The summed E-state index contributed by atoms with van der Waals surface area (Å²) in [6.45, 7) is 5.86. The molecule has 1 aliphatic heterocycles. The Kier molecular flexibility index (Phi) is 7.69. The zero-order valence-corrected chi connectivity index (χ0v) is 20.7. The number of amides is 2. The average molecular weight is 521 g/mol. The second-order valence-corrected chi connectivity index (χ2v) is 8.63. The van der Waals surface area contributed by atoms with Crippen LogP contribution in [0.4, 0.5) is 18.9 Å². The second kappa shape index (κ2) is 10.1. The normalized spacial score (nSPS) is 17.4. The maximum absolute atomic E-state index is 14.3. The summed E-state index contributed by atoms with van der Waals surface area (Å²) in [5.41, 5.74) is 8.31. The number of likely N-dealkylation sites (N-methyl/N-ethyl adjacent to an activating group) is 1. The maximum atomic E-state index is 14.3. The molecule has 0 fully saturated rings. The smallest absolute Gasteiger partial charge is 0.366 e. The van der Waals surface area contributed by atoms with Crippen molar-refractivity contribution >= 4 is 40.7 Å². The molecule has 6 nitrogen and oxygen atoms in total. The molecule has 0 aliphatic carbocycles. The Bertz CT molecular complexity index is 1310. The molecular formula is C26H28ClF3N4O2. The van der Waals surface area contributed by atoms with E-state index in [2.05, 4.69) is 0 Å². The third-order valence-electron chi connectivity index (χ3n) is 6.71. The number of hydrogen-bond acceptors (Lipinski definition) is 4. The number of halogens is 4. The van der Waals surface area contributed by atoms with E-state index < -0.39 is 29.1 Å². The Balaban J connectivity index is 0.00000361. The molecule has 1 unspecified atom stereocenters. The molecule has 4 N–H and O–H groups in total. The monoisotopic (exact) mass is 520 g/mol. The van der Waals surface area contributed by atoms with Crippen molar-refractivity contribution in [3.8, 4) is 0 Å². The zero-order valence-electron chi connectivity index (χ0n) is 19.9. The third kappa shape index (κ3) is 4.54. The summed E-state index contributed by atoms with van der Waals surface area (Å²) < 4.78 is 43.0. The molecule has 0 radical (unpaired) electrons. The predicted octanol–water partition coefficient (Wildman–Crippen LogP) is 4.27. The summed E-state index contributed by atoms with van der Waals surface area (Å²) in [5, 5.41) is 1.61. The van der Waals surface area contributed by atoms with Crippen molar-refractivity contribution in [2.24, 2.45) is 11.5 Å². The first-order valence-electron chi connectivity index (χ1n) is 11.4. The first-order valence-corrected chi connectivity index (χ1v) is 11.4. The molecule has 192 valence electrons. The number of nitrogens with zero attached hydrogens (tertiary/aromatic N) is 2. The van der Waals surface area contributed by atoms with E-state index in [4.69, 9.17) is 11.5 Å². The predicted molar refractivity (Wildman–Crippen MR) is 136 cm³/mol. The van der Waals surface area contributed by atoms with Gasteiger partial charge in [-0.2, -0.15) is 13.2 Å². The number of anilines is 1. The molecule has 36 heavy (non-hydrogen) atoms. The van der Waals surface area contributed by atoms with Crippen LogP contribution >= 0.6 is 12.4 Å². The first kappa shape index (κ1) is 27.4. The van der Waals surface area contributed by atoms with Crippen molar-refractivity contribution < 1.29 is 22.8 Å². The van der Waals surface area contributed by atoms with Crippen LogP contribution in [0.2, 0.25) is 0 Å². The van der Waals surface area contributed by atoms with E-state index in [9.17, 15) is 22.8 Å². The van der Waals surface area contributed by atoms with Gasteiger partial charge < -0.3 is 21.3 Å². The highest BCUT2D eigenvalue weighted by atomic mass is 35.5. The van der Waals surface area contributed by atoms with Gasteiger partial charge in [0.1, 0.15) is 5.54 Å². The van der Waals surface area contributed by atoms with Crippen LogP contribution in [-0.4, -0.2) is 42.9 Å². The van der Waals surface area contributed by atoms with Gasteiger partial charge in [0.05, 0.1) is 11.3 Å². The van der Waals surface area contributed by atoms with Gasteiger partial charge in [0.25, 0.3) is 5.91 Å². The minimum absolute atomic E-state index is 0. The summed E-state index contributed by atoms with van der Waals surface area (Å²) in [5.74, 6) is -1.70. The van der Waals surface area contributed by atoms with Gasteiger partial charge in [-0.25, -0.2) is 0 Å². The molecule has 3 aromatic rings. The first-order chi connectivity index (χ1) is 16.5. The number of hydrogen-bond donors (Lipinski definition) is 2. The lowest BCUT2D eigenvalue weighted by atomic mass is 9.81. The SMILES string of the molecule is CCN(CC)CCN1C(=O)C(N)(c2ccc3ccccc3c2)c2c1cc(C(N)=O)cc2C(F)(F)F.Cl. The zero-order chi connectivity index (χ0) is 25.5. The highest BCUT2D eigenvalue weighted by Crippen LogP contribution is 2.49. The van der Waals surface area contributed by atoms with Crippen molar-refractivity contribution in [2.75, 3.05) is 31.1 Å². The average Bonchev–Trinajstić information content (AvgIpc) is 3.05. The maximum Gasteiger partial charge on any atom is 0.416 e. The lowest BCUT2D eigenvalue weighted by Crippen LogP contribution is -2.50. The van der Waals surface area contributed by atoms with Crippen LogP contribution in [0.25, 0.3) is 10.8 Å². The van der Waals surface area contributed by atoms with Gasteiger partial charge in [-0.15, -0.1) is 12.4 Å². The highest BCUT2D eigenvalue weighted by Gasteiger charge is 2.54. The molecule has 10 heteroatoms. The summed E-state index contributed by atoms with van der Waals surface area (Å²) in [7, 11) is 0. The van der Waals surface area contributed by atoms with Crippen LogP contribution in [-0.2, 0) is 16.5 Å². The van der Waals surface area contributed by atoms with Gasteiger partial charge in [-0.3, -0.25) is 9.59 Å². The third-order valence-corrected chi connectivity index (χ3v) is 6.71. The van der Waals surface area contributed by atoms with E-state index in [1.165, 1.54) is 11.0 Å². The van der Waals surface area contributed by atoms with Gasteiger partial charge in [0, 0.05) is 24.2 Å². The van der Waals surface area contributed by atoms with Crippen LogP contribution < -0.4 is 16.4 Å². The summed E-state index contributed by atoms with van der Waals surface area (Å²) >= 11 is 0. The Morgan fingerprint density at radius 3 is 2.25 bits per heavy atom. The van der Waals surface area contributed by atoms with E-state index in [1.807, 2.05) is 36.9 Å². The molecule has 0 bridgehead atoms. The summed E-state index contributed by atoms with van der Waals surface area (Å²) in [6.07, 6.45) is -4.87. The number of nitrogens with two attached hydrogens (primary N) is 2. The van der Waals surface area contributed by atoms with Crippen molar-refractivity contribution in [1.29, 1.82) is 0 Å². The molecule has 0 spiro atoms. The number of alkyl halides is 3. The van der Waals surface area contributed by atoms with E-state index in [0.717, 1.165) is 10.8 Å². The van der Waals surface area contributed by atoms with E-state index in [0.29, 0.717) is 25.7 Å². The fourth-order valence-electron chi connectivity index (χ4n) is 4.75. The van der Waals surface area contributed by atoms with E-state index in [-0.39, 0.29) is 41.3 Å². The van der Waals surface area contributed by atoms with Crippen molar-refractivity contribution in [3.05, 3.63) is 76.9 Å². The Hall–Kier alpha value is -3.14. The van der Waals surface area contributed by atoms with Gasteiger partial charge in [0.15, 0.2) is 0 Å². The van der Waals surface area contributed by atoms with Gasteiger partial charge in [0.2, 0.25) is 5.91 Å². The number of carbonyl (C=O) groups is 2. The highest BCUT2D eigenvalue weighted by molar-refractivity contribution is 6.12. The van der Waals surface area contributed by atoms with Crippen LogP contribution in [0.1, 0.15) is 40.9 Å². The van der Waals surface area contributed by atoms with Gasteiger partial charge in [-0.05, 0) is 47.6 Å². The molecular weight excluding hydrogens is 493 g/mol. The largest absolute Gasteiger partial charge is 0.416 e. The lowest BCUT2D eigenvalue weighted by Gasteiger charge is -2.27. The number of benzene rings is 3. The molecule has 0 aromatic heterocycles. The standard InChI is InChI=1S/C26H27F3N4O2.ClH/c1-3-32(4-2)11-12-33-21-15-18(23(30)34)14-20(26(27,28)29)22(21)25(31,24(33)35)19-10-9-16-7-5-6-8-17(16)13-19;/h5-10,13-15H,3-4,11-12,31H2,1-2H3,(H2,30,34);1H. The fraction of sp³-hybridized carbons (Fsp3) is 0.308.